The van der Waals surface area contributed by atoms with Gasteiger partial charge >= 0.3 is 12.3 Å². The second-order valence-corrected chi connectivity index (χ2v) is 12.1. The molecule has 2 N–H and O–H groups in total. The number of aromatic carboxylic acids is 1. The highest BCUT2D eigenvalue weighted by atomic mass is 32.2. The van der Waals surface area contributed by atoms with E-state index < -0.39 is 40.1 Å². The monoisotopic (exact) mass is 634 g/mol. The fourth-order valence-corrected chi connectivity index (χ4v) is 6.70. The Morgan fingerprint density at radius 2 is 1.61 bits per heavy atom. The lowest BCUT2D eigenvalue weighted by atomic mass is 10.1. The van der Waals surface area contributed by atoms with Crippen LogP contribution in [0.3, 0.4) is 0 Å². The first-order valence-electron chi connectivity index (χ1n) is 13.7. The standard InChI is InChI=1S/C28H29F3N6O6S/c29-28(30,31)43-21-7-3-19(4-8-21)15-34-26(38)24-18-36(25-17-32-23(16-33-25)27(39)40)13-14-37(24)44(41,42)22-9-5-20(6-10-22)35-11-1-2-12-35/h3-10,16-17,24H,1-2,11-15,18H2,(H,34,38)(H,39,40)/t24-/m1/s1. The molecule has 0 unspecified atom stereocenters. The van der Waals surface area contributed by atoms with Gasteiger partial charge in [0.15, 0.2) is 5.69 Å². The van der Waals surface area contributed by atoms with Gasteiger partial charge in [0.05, 0.1) is 17.3 Å². The Morgan fingerprint density at radius 1 is 0.932 bits per heavy atom. The Morgan fingerprint density at radius 3 is 2.20 bits per heavy atom. The number of ether oxygens (including phenoxy) is 1. The number of benzene rings is 2. The number of sulfonamides is 1. The van der Waals surface area contributed by atoms with E-state index >= 15 is 0 Å². The van der Waals surface area contributed by atoms with Gasteiger partial charge < -0.3 is 25.0 Å². The number of amides is 1. The van der Waals surface area contributed by atoms with Crippen LogP contribution in [0, 0.1) is 0 Å². The maximum absolute atomic E-state index is 13.8. The number of hydrogen-bond donors (Lipinski definition) is 2. The molecule has 1 amide bonds. The SMILES string of the molecule is O=C(O)c1cnc(N2CCN(S(=O)(=O)c3ccc(N4CCCC4)cc3)[C@@H](C(=O)NCc3ccc(OC(F)(F)F)cc3)C2)cn1. The van der Waals surface area contributed by atoms with Gasteiger partial charge in [0.1, 0.15) is 17.6 Å². The number of nitrogens with zero attached hydrogens (tertiary/aromatic N) is 5. The van der Waals surface area contributed by atoms with Gasteiger partial charge in [0, 0.05) is 45.0 Å². The van der Waals surface area contributed by atoms with Gasteiger partial charge in [-0.15, -0.1) is 13.2 Å². The normalized spacial score (nSPS) is 17.8. The number of aromatic nitrogens is 2. The van der Waals surface area contributed by atoms with Crippen molar-refractivity contribution in [2.75, 3.05) is 42.5 Å². The Balaban J connectivity index is 1.35. The lowest BCUT2D eigenvalue weighted by molar-refractivity contribution is -0.274. The van der Waals surface area contributed by atoms with Crippen molar-refractivity contribution < 1.29 is 41.0 Å². The lowest BCUT2D eigenvalue weighted by Gasteiger charge is -2.40. The quantitative estimate of drug-likeness (QED) is 0.361. The maximum Gasteiger partial charge on any atom is 0.573 e. The highest BCUT2D eigenvalue weighted by Gasteiger charge is 2.40. The van der Waals surface area contributed by atoms with Gasteiger partial charge in [-0.25, -0.2) is 23.2 Å². The summed E-state index contributed by atoms with van der Waals surface area (Å²) in [6.45, 7) is 1.65. The van der Waals surface area contributed by atoms with Crippen molar-refractivity contribution in [1.29, 1.82) is 0 Å². The largest absolute Gasteiger partial charge is 0.573 e. The molecule has 2 aliphatic rings. The molecule has 0 spiro atoms. The minimum absolute atomic E-state index is 0.0255. The molecule has 234 valence electrons. The minimum atomic E-state index is -4.84. The zero-order valence-corrected chi connectivity index (χ0v) is 24.1. The Bertz CT molecular complexity index is 1580. The molecule has 3 heterocycles. The number of rotatable bonds is 9. The van der Waals surface area contributed by atoms with Crippen LogP contribution in [0.2, 0.25) is 0 Å². The average molecular weight is 635 g/mol. The van der Waals surface area contributed by atoms with Crippen molar-refractivity contribution in [2.24, 2.45) is 0 Å². The van der Waals surface area contributed by atoms with E-state index in [0.29, 0.717) is 5.56 Å². The summed E-state index contributed by atoms with van der Waals surface area (Å²) in [7, 11) is -4.14. The third-order valence-electron chi connectivity index (χ3n) is 7.35. The number of nitrogens with one attached hydrogen (secondary N) is 1. The van der Waals surface area contributed by atoms with E-state index in [-0.39, 0.29) is 42.6 Å². The first kappa shape index (κ1) is 31.0. The number of carbonyl (C=O) groups excluding carboxylic acids is 1. The molecule has 3 aromatic rings. The third-order valence-corrected chi connectivity index (χ3v) is 9.28. The van der Waals surface area contributed by atoms with E-state index in [1.807, 2.05) is 0 Å². The van der Waals surface area contributed by atoms with Gasteiger partial charge in [-0.05, 0) is 54.8 Å². The number of hydrogen-bond acceptors (Lipinski definition) is 9. The molecule has 44 heavy (non-hydrogen) atoms. The average Bonchev–Trinajstić information content (AvgIpc) is 3.55. The molecule has 16 heteroatoms. The number of carbonyl (C=O) groups is 2. The predicted molar refractivity (Wildman–Crippen MR) is 152 cm³/mol. The fourth-order valence-electron chi connectivity index (χ4n) is 5.13. The number of carboxylic acid groups (broad SMARTS) is 1. The molecule has 2 saturated heterocycles. The number of halogens is 3. The topological polar surface area (TPSA) is 145 Å². The first-order chi connectivity index (χ1) is 20.9. The Labute approximate surface area is 251 Å². The Hall–Kier alpha value is -4.44. The van der Waals surface area contributed by atoms with Crippen LogP contribution in [-0.2, 0) is 21.4 Å². The molecule has 12 nitrogen and oxygen atoms in total. The molecule has 0 saturated carbocycles. The number of carboxylic acids is 1. The smallest absolute Gasteiger partial charge is 0.476 e. The molecule has 2 aliphatic heterocycles. The minimum Gasteiger partial charge on any atom is -0.476 e. The van der Waals surface area contributed by atoms with E-state index in [9.17, 15) is 31.2 Å². The molecule has 0 bridgehead atoms. The maximum atomic E-state index is 13.8. The van der Waals surface area contributed by atoms with Gasteiger partial charge in [0.2, 0.25) is 15.9 Å². The summed E-state index contributed by atoms with van der Waals surface area (Å²) in [6.07, 6.45) is -0.398. The third kappa shape index (κ3) is 7.19. The van der Waals surface area contributed by atoms with Crippen LogP contribution in [-0.4, -0.2) is 84.8 Å². The summed E-state index contributed by atoms with van der Waals surface area (Å²) in [6, 6.07) is 10.2. The van der Waals surface area contributed by atoms with Crippen LogP contribution in [0.5, 0.6) is 5.75 Å². The highest BCUT2D eigenvalue weighted by Crippen LogP contribution is 2.27. The fraction of sp³-hybridized carbons (Fsp3) is 0.357. The molecule has 0 aliphatic carbocycles. The predicted octanol–water partition coefficient (Wildman–Crippen LogP) is 2.87. The molecule has 1 aromatic heterocycles. The van der Waals surface area contributed by atoms with Gasteiger partial charge in [-0.1, -0.05) is 12.1 Å². The zero-order chi connectivity index (χ0) is 31.5. The molecule has 2 fully saturated rings. The Kier molecular flexibility index (Phi) is 8.92. The van der Waals surface area contributed by atoms with Crippen LogP contribution >= 0.6 is 0 Å². The second kappa shape index (κ2) is 12.7. The molecule has 1 atom stereocenters. The van der Waals surface area contributed by atoms with E-state index in [2.05, 4.69) is 24.9 Å². The van der Waals surface area contributed by atoms with Crippen LogP contribution < -0.4 is 19.9 Å². The van der Waals surface area contributed by atoms with E-state index in [0.717, 1.165) is 54.3 Å². The van der Waals surface area contributed by atoms with Crippen LogP contribution in [0.4, 0.5) is 24.7 Å². The summed E-state index contributed by atoms with van der Waals surface area (Å²) in [4.78, 5) is 36.5. The summed E-state index contributed by atoms with van der Waals surface area (Å²) in [5.74, 6) is -2.05. The summed E-state index contributed by atoms with van der Waals surface area (Å²) in [5.41, 5.74) is 1.10. The number of anilines is 2. The zero-order valence-electron chi connectivity index (χ0n) is 23.3. The highest BCUT2D eigenvalue weighted by molar-refractivity contribution is 7.89. The summed E-state index contributed by atoms with van der Waals surface area (Å²) >= 11 is 0. The van der Waals surface area contributed by atoms with E-state index in [4.69, 9.17) is 5.11 Å². The molecule has 0 radical (unpaired) electrons. The molecular weight excluding hydrogens is 605 g/mol. The lowest BCUT2D eigenvalue weighted by Crippen LogP contribution is -2.60. The van der Waals surface area contributed by atoms with Crippen LogP contribution in [0.25, 0.3) is 0 Å². The van der Waals surface area contributed by atoms with Gasteiger partial charge in [0.25, 0.3) is 0 Å². The van der Waals surface area contributed by atoms with Gasteiger partial charge in [-0.2, -0.15) is 4.31 Å². The van der Waals surface area contributed by atoms with Crippen molar-refractivity contribution in [2.45, 2.75) is 36.7 Å². The van der Waals surface area contributed by atoms with E-state index in [1.165, 1.54) is 30.5 Å². The summed E-state index contributed by atoms with van der Waals surface area (Å²) < 4.78 is 70.1. The van der Waals surface area contributed by atoms with Crippen molar-refractivity contribution in [3.63, 3.8) is 0 Å². The van der Waals surface area contributed by atoms with Gasteiger partial charge in [-0.3, -0.25) is 4.79 Å². The van der Waals surface area contributed by atoms with Crippen molar-refractivity contribution >= 4 is 33.4 Å². The molecular formula is C28H29F3N6O6S. The van der Waals surface area contributed by atoms with Crippen LogP contribution in [0.15, 0.2) is 65.8 Å². The summed E-state index contributed by atoms with van der Waals surface area (Å²) in [5, 5.41) is 11.8. The number of piperazine rings is 1. The first-order valence-corrected chi connectivity index (χ1v) is 15.1. The molecule has 5 rings (SSSR count). The van der Waals surface area contributed by atoms with Crippen molar-refractivity contribution in [3.05, 3.63) is 72.2 Å². The van der Waals surface area contributed by atoms with E-state index in [1.54, 1.807) is 17.0 Å². The second-order valence-electron chi connectivity index (χ2n) is 10.2. The van der Waals surface area contributed by atoms with Crippen molar-refractivity contribution in [3.8, 4) is 5.75 Å². The van der Waals surface area contributed by atoms with Crippen LogP contribution in [0.1, 0.15) is 28.9 Å². The van der Waals surface area contributed by atoms with Crippen molar-refractivity contribution in [1.82, 2.24) is 19.6 Å². The number of alkyl halides is 3. The molecule has 2 aromatic carbocycles.